The zero-order valence-corrected chi connectivity index (χ0v) is 21.9. The lowest BCUT2D eigenvalue weighted by atomic mass is 10.1. The normalized spacial score (nSPS) is 10.9. The predicted molar refractivity (Wildman–Crippen MR) is 149 cm³/mol. The molecular formula is C31H34N4O2. The number of hydrogen-bond donors (Lipinski definition) is 1. The molecule has 0 saturated carbocycles. The standard InChI is InChI=1S/C31H34N4O2/c1-22(2)19-34(30(37)18-25-8-6-5-7-9-25)21-29(36)33-31-32-28(26-14-10-23(3)11-15-26)20-35(31)27-16-12-24(4)13-17-27/h5-17,20,22H,18-19,21H2,1-4H3,(H,32,33,36). The van der Waals surface area contributed by atoms with Crippen LogP contribution in [0.1, 0.15) is 30.5 Å². The molecule has 6 heteroatoms. The fraction of sp³-hybridized carbons (Fsp3) is 0.258. The summed E-state index contributed by atoms with van der Waals surface area (Å²) in [5, 5.41) is 2.97. The molecule has 0 atom stereocenters. The third-order valence-corrected chi connectivity index (χ3v) is 6.09. The highest BCUT2D eigenvalue weighted by atomic mass is 16.2. The van der Waals surface area contributed by atoms with Gasteiger partial charge in [0.2, 0.25) is 17.8 Å². The number of nitrogens with one attached hydrogen (secondary N) is 1. The zero-order valence-electron chi connectivity index (χ0n) is 21.9. The first kappa shape index (κ1) is 25.9. The van der Waals surface area contributed by atoms with Crippen molar-refractivity contribution in [2.45, 2.75) is 34.1 Å². The summed E-state index contributed by atoms with van der Waals surface area (Å²) in [6.45, 7) is 8.62. The number of nitrogens with zero attached hydrogens (tertiary/aromatic N) is 3. The Labute approximate surface area is 219 Å². The first-order valence-corrected chi connectivity index (χ1v) is 12.6. The maximum Gasteiger partial charge on any atom is 0.246 e. The van der Waals surface area contributed by atoms with Crippen LogP contribution < -0.4 is 5.32 Å². The SMILES string of the molecule is Cc1ccc(-c2cn(-c3ccc(C)cc3)c(NC(=O)CN(CC(C)C)C(=O)Cc3ccccc3)n2)cc1. The molecule has 0 aliphatic carbocycles. The van der Waals surface area contributed by atoms with E-state index in [-0.39, 0.29) is 30.7 Å². The molecular weight excluding hydrogens is 460 g/mol. The molecule has 37 heavy (non-hydrogen) atoms. The lowest BCUT2D eigenvalue weighted by Crippen LogP contribution is -2.41. The second-order valence-corrected chi connectivity index (χ2v) is 9.90. The van der Waals surface area contributed by atoms with Crippen molar-refractivity contribution in [2.24, 2.45) is 5.92 Å². The molecule has 4 rings (SSSR count). The molecule has 0 spiro atoms. The Morgan fingerprint density at radius 2 is 1.51 bits per heavy atom. The average Bonchev–Trinajstić information content (AvgIpc) is 3.28. The highest BCUT2D eigenvalue weighted by Gasteiger charge is 2.21. The van der Waals surface area contributed by atoms with Gasteiger partial charge in [-0.2, -0.15) is 0 Å². The van der Waals surface area contributed by atoms with Crippen LogP contribution in [-0.4, -0.2) is 39.4 Å². The van der Waals surface area contributed by atoms with Crippen LogP contribution >= 0.6 is 0 Å². The van der Waals surface area contributed by atoms with E-state index < -0.39 is 0 Å². The molecule has 0 aliphatic heterocycles. The van der Waals surface area contributed by atoms with Crippen molar-refractivity contribution < 1.29 is 9.59 Å². The Hall–Kier alpha value is -4.19. The number of anilines is 1. The van der Waals surface area contributed by atoms with E-state index in [1.807, 2.05) is 117 Å². The molecule has 0 saturated heterocycles. The topological polar surface area (TPSA) is 67.2 Å². The Balaban J connectivity index is 1.57. The van der Waals surface area contributed by atoms with Gasteiger partial charge >= 0.3 is 0 Å². The number of rotatable bonds is 9. The first-order valence-electron chi connectivity index (χ1n) is 12.6. The second kappa shape index (κ2) is 11.7. The predicted octanol–water partition coefficient (Wildman–Crippen LogP) is 5.82. The van der Waals surface area contributed by atoms with Crippen LogP contribution in [0, 0.1) is 19.8 Å². The number of amides is 2. The van der Waals surface area contributed by atoms with Crippen molar-refractivity contribution in [3.8, 4) is 16.9 Å². The maximum absolute atomic E-state index is 13.2. The van der Waals surface area contributed by atoms with Gasteiger partial charge in [0.1, 0.15) is 0 Å². The minimum absolute atomic E-state index is 0.0372. The molecule has 6 nitrogen and oxygen atoms in total. The average molecular weight is 495 g/mol. The summed E-state index contributed by atoms with van der Waals surface area (Å²) in [4.78, 5) is 32.7. The molecule has 2 amide bonds. The van der Waals surface area contributed by atoms with Gasteiger partial charge in [0.05, 0.1) is 18.7 Å². The van der Waals surface area contributed by atoms with Crippen molar-refractivity contribution in [3.05, 3.63) is 102 Å². The minimum atomic E-state index is -0.281. The molecule has 4 aromatic rings. The number of hydrogen-bond acceptors (Lipinski definition) is 3. The summed E-state index contributed by atoms with van der Waals surface area (Å²) >= 11 is 0. The van der Waals surface area contributed by atoms with Gasteiger partial charge in [0.25, 0.3) is 0 Å². The lowest BCUT2D eigenvalue weighted by Gasteiger charge is -2.24. The van der Waals surface area contributed by atoms with Crippen molar-refractivity contribution in [2.75, 3.05) is 18.4 Å². The number of carbonyl (C=O) groups is 2. The van der Waals surface area contributed by atoms with Crippen LogP contribution in [0.3, 0.4) is 0 Å². The zero-order chi connectivity index (χ0) is 26.4. The summed E-state index contributed by atoms with van der Waals surface area (Å²) in [5.74, 6) is 0.299. The van der Waals surface area contributed by atoms with Crippen LogP contribution in [0.15, 0.2) is 85.1 Å². The van der Waals surface area contributed by atoms with E-state index in [1.165, 1.54) is 5.56 Å². The van der Waals surface area contributed by atoms with Crippen LogP contribution in [-0.2, 0) is 16.0 Å². The molecule has 0 fully saturated rings. The number of carbonyl (C=O) groups excluding carboxylic acids is 2. The smallest absolute Gasteiger partial charge is 0.246 e. The maximum atomic E-state index is 13.2. The van der Waals surface area contributed by atoms with E-state index in [9.17, 15) is 9.59 Å². The first-order chi connectivity index (χ1) is 17.8. The van der Waals surface area contributed by atoms with Crippen LogP contribution in [0.5, 0.6) is 0 Å². The molecule has 0 bridgehead atoms. The summed E-state index contributed by atoms with van der Waals surface area (Å²) in [5.41, 5.74) is 5.86. The van der Waals surface area contributed by atoms with E-state index in [0.717, 1.165) is 28.1 Å². The molecule has 0 radical (unpaired) electrons. The minimum Gasteiger partial charge on any atom is -0.333 e. The van der Waals surface area contributed by atoms with Gasteiger partial charge in [0.15, 0.2) is 0 Å². The van der Waals surface area contributed by atoms with Gasteiger partial charge < -0.3 is 4.90 Å². The molecule has 1 heterocycles. The van der Waals surface area contributed by atoms with E-state index in [0.29, 0.717) is 12.5 Å². The second-order valence-electron chi connectivity index (χ2n) is 9.90. The summed E-state index contributed by atoms with van der Waals surface area (Å²) in [7, 11) is 0. The summed E-state index contributed by atoms with van der Waals surface area (Å²) < 4.78 is 1.88. The van der Waals surface area contributed by atoms with Crippen LogP contribution in [0.25, 0.3) is 16.9 Å². The Morgan fingerprint density at radius 3 is 2.14 bits per heavy atom. The van der Waals surface area contributed by atoms with Gasteiger partial charge in [-0.1, -0.05) is 91.7 Å². The quantitative estimate of drug-likeness (QED) is 0.319. The lowest BCUT2D eigenvalue weighted by molar-refractivity contribution is -0.134. The largest absolute Gasteiger partial charge is 0.333 e. The molecule has 1 aromatic heterocycles. The van der Waals surface area contributed by atoms with Crippen molar-refractivity contribution in [1.29, 1.82) is 0 Å². The van der Waals surface area contributed by atoms with Gasteiger partial charge in [-0.3, -0.25) is 19.5 Å². The molecule has 1 N–H and O–H groups in total. The highest BCUT2D eigenvalue weighted by Crippen LogP contribution is 2.25. The van der Waals surface area contributed by atoms with E-state index >= 15 is 0 Å². The number of imidazole rings is 1. The Bertz CT molecular complexity index is 1340. The highest BCUT2D eigenvalue weighted by molar-refractivity contribution is 5.94. The van der Waals surface area contributed by atoms with Gasteiger partial charge in [-0.05, 0) is 37.5 Å². The fourth-order valence-electron chi connectivity index (χ4n) is 4.15. The number of aryl methyl sites for hydroxylation is 2. The van der Waals surface area contributed by atoms with Gasteiger partial charge in [-0.15, -0.1) is 0 Å². The van der Waals surface area contributed by atoms with Crippen molar-refractivity contribution in [1.82, 2.24) is 14.5 Å². The van der Waals surface area contributed by atoms with Gasteiger partial charge in [-0.25, -0.2) is 4.98 Å². The van der Waals surface area contributed by atoms with E-state index in [2.05, 4.69) is 5.32 Å². The molecule has 3 aromatic carbocycles. The monoisotopic (exact) mass is 494 g/mol. The third-order valence-electron chi connectivity index (χ3n) is 6.09. The van der Waals surface area contributed by atoms with Gasteiger partial charge in [0, 0.05) is 24.0 Å². The summed E-state index contributed by atoms with van der Waals surface area (Å²) in [6, 6.07) is 25.8. The van der Waals surface area contributed by atoms with Crippen LogP contribution in [0.2, 0.25) is 0 Å². The summed E-state index contributed by atoms with van der Waals surface area (Å²) in [6.07, 6.45) is 2.19. The Morgan fingerprint density at radius 1 is 0.892 bits per heavy atom. The van der Waals surface area contributed by atoms with Crippen molar-refractivity contribution in [3.63, 3.8) is 0 Å². The number of aromatic nitrogens is 2. The van der Waals surface area contributed by atoms with Crippen molar-refractivity contribution >= 4 is 17.8 Å². The van der Waals surface area contributed by atoms with E-state index in [1.54, 1.807) is 4.90 Å². The molecule has 0 unspecified atom stereocenters. The molecule has 0 aliphatic rings. The third kappa shape index (κ3) is 6.94. The number of benzene rings is 3. The Kier molecular flexibility index (Phi) is 8.18. The van der Waals surface area contributed by atoms with Crippen LogP contribution in [0.4, 0.5) is 5.95 Å². The van der Waals surface area contributed by atoms with E-state index in [4.69, 9.17) is 4.98 Å². The molecule has 190 valence electrons. The fourth-order valence-corrected chi connectivity index (χ4v) is 4.15.